The zero-order valence-corrected chi connectivity index (χ0v) is 17.2. The van der Waals surface area contributed by atoms with Gasteiger partial charge in [-0.2, -0.15) is 13.2 Å². The number of benzene rings is 3. The molecule has 0 aliphatic carbocycles. The third-order valence-corrected chi connectivity index (χ3v) is 6.80. The van der Waals surface area contributed by atoms with Gasteiger partial charge >= 0.3 is 5.51 Å². The topological polar surface area (TPSA) is 89.5 Å². The largest absolute Gasteiger partial charge is 0.501 e. The van der Waals surface area contributed by atoms with E-state index in [-0.39, 0.29) is 4.90 Å². The lowest BCUT2D eigenvalue weighted by Crippen LogP contribution is -2.23. The van der Waals surface area contributed by atoms with Gasteiger partial charge in [-0.25, -0.2) is 25.6 Å². The molecule has 6 nitrogen and oxygen atoms in total. The molecule has 0 radical (unpaired) electrons. The summed E-state index contributed by atoms with van der Waals surface area (Å²) in [7, 11) is -10.1. The van der Waals surface area contributed by atoms with Crippen LogP contribution in [0.5, 0.6) is 11.5 Å². The van der Waals surface area contributed by atoms with Crippen molar-refractivity contribution in [3.05, 3.63) is 78.4 Å². The van der Waals surface area contributed by atoms with E-state index in [1.165, 1.54) is 24.3 Å². The van der Waals surface area contributed by atoms with Crippen molar-refractivity contribution < 1.29 is 43.5 Å². The second kappa shape index (κ2) is 8.39. The van der Waals surface area contributed by atoms with Crippen LogP contribution >= 0.6 is 0 Å². The Labute approximate surface area is 179 Å². The molecular formula is C19H12F5NO5S2. The highest BCUT2D eigenvalue weighted by molar-refractivity contribution is 7.93. The number of nitrogens with one attached hydrogen (secondary N) is 1. The number of rotatable bonds is 6. The van der Waals surface area contributed by atoms with Gasteiger partial charge in [-0.1, -0.05) is 18.2 Å². The van der Waals surface area contributed by atoms with Crippen molar-refractivity contribution in [1.29, 1.82) is 0 Å². The normalized spacial score (nSPS) is 12.4. The van der Waals surface area contributed by atoms with Crippen molar-refractivity contribution >= 4 is 25.5 Å². The highest BCUT2D eigenvalue weighted by Crippen LogP contribution is 2.37. The Kier molecular flexibility index (Phi) is 6.15. The lowest BCUT2D eigenvalue weighted by atomic mass is 10.3. The molecule has 0 aliphatic heterocycles. The SMILES string of the molecule is O=S(=O)(Nc1ccc(S(=O)(=O)C(F)(F)F)cc1Oc1cc(F)cc(F)c1)c1ccccc1. The lowest BCUT2D eigenvalue weighted by molar-refractivity contribution is -0.0436. The first kappa shape index (κ1) is 23.5. The molecule has 0 bridgehead atoms. The highest BCUT2D eigenvalue weighted by atomic mass is 32.2. The average Bonchev–Trinajstić information content (AvgIpc) is 2.68. The average molecular weight is 493 g/mol. The fourth-order valence-corrected chi connectivity index (χ4v) is 4.36. The van der Waals surface area contributed by atoms with Gasteiger partial charge < -0.3 is 4.74 Å². The molecular weight excluding hydrogens is 481 g/mol. The predicted molar refractivity (Wildman–Crippen MR) is 103 cm³/mol. The number of anilines is 1. The first-order valence-corrected chi connectivity index (χ1v) is 11.4. The quantitative estimate of drug-likeness (QED) is 0.496. The van der Waals surface area contributed by atoms with Crippen LogP contribution < -0.4 is 9.46 Å². The summed E-state index contributed by atoms with van der Waals surface area (Å²) in [4.78, 5) is -1.48. The second-order valence-corrected chi connectivity index (χ2v) is 9.86. The van der Waals surface area contributed by atoms with E-state index in [2.05, 4.69) is 4.72 Å². The minimum absolute atomic E-state index is 0.213. The fourth-order valence-electron chi connectivity index (χ4n) is 2.49. The van der Waals surface area contributed by atoms with Crippen LogP contribution in [-0.4, -0.2) is 22.3 Å². The monoisotopic (exact) mass is 493 g/mol. The summed E-state index contributed by atoms with van der Waals surface area (Å²) >= 11 is 0. The minimum Gasteiger partial charge on any atom is -0.455 e. The minimum atomic E-state index is -5.83. The van der Waals surface area contributed by atoms with Gasteiger partial charge in [0.2, 0.25) is 0 Å². The third-order valence-electron chi connectivity index (χ3n) is 3.93. The molecule has 0 amide bonds. The van der Waals surface area contributed by atoms with E-state index < -0.39 is 59.1 Å². The van der Waals surface area contributed by atoms with E-state index >= 15 is 0 Å². The van der Waals surface area contributed by atoms with E-state index in [9.17, 15) is 38.8 Å². The van der Waals surface area contributed by atoms with Crippen LogP contribution in [0.1, 0.15) is 0 Å². The lowest BCUT2D eigenvalue weighted by Gasteiger charge is -2.16. The maximum absolute atomic E-state index is 13.5. The summed E-state index contributed by atoms with van der Waals surface area (Å²) in [6.07, 6.45) is 0. The molecule has 0 aromatic heterocycles. The summed E-state index contributed by atoms with van der Waals surface area (Å²) in [5.41, 5.74) is -6.13. The van der Waals surface area contributed by atoms with Gasteiger partial charge in [0, 0.05) is 24.3 Å². The molecule has 3 aromatic rings. The molecule has 0 fully saturated rings. The number of hydrogen-bond acceptors (Lipinski definition) is 5. The van der Waals surface area contributed by atoms with E-state index in [1.54, 1.807) is 6.07 Å². The molecule has 3 rings (SSSR count). The summed E-state index contributed by atoms with van der Waals surface area (Å²) < 4.78 is 122. The number of halogens is 5. The van der Waals surface area contributed by atoms with Crippen LogP contribution in [0.2, 0.25) is 0 Å². The first-order valence-electron chi connectivity index (χ1n) is 8.47. The van der Waals surface area contributed by atoms with Crippen LogP contribution in [0.15, 0.2) is 76.5 Å². The van der Waals surface area contributed by atoms with Crippen molar-refractivity contribution in [3.63, 3.8) is 0 Å². The molecule has 32 heavy (non-hydrogen) atoms. The predicted octanol–water partition coefficient (Wildman–Crippen LogP) is 4.85. The highest BCUT2D eigenvalue weighted by Gasteiger charge is 2.47. The fraction of sp³-hybridized carbons (Fsp3) is 0.0526. The third kappa shape index (κ3) is 4.99. The first-order chi connectivity index (χ1) is 14.8. The van der Waals surface area contributed by atoms with E-state index in [1.807, 2.05) is 0 Å². The van der Waals surface area contributed by atoms with Gasteiger partial charge in [0.05, 0.1) is 15.5 Å². The van der Waals surface area contributed by atoms with E-state index in [0.29, 0.717) is 30.3 Å². The summed E-state index contributed by atoms with van der Waals surface area (Å²) in [6.45, 7) is 0. The van der Waals surface area contributed by atoms with Crippen molar-refractivity contribution in [2.24, 2.45) is 0 Å². The smallest absolute Gasteiger partial charge is 0.455 e. The van der Waals surface area contributed by atoms with Crippen LogP contribution in [0, 0.1) is 11.6 Å². The second-order valence-electron chi connectivity index (χ2n) is 6.23. The van der Waals surface area contributed by atoms with Gasteiger partial charge in [-0.15, -0.1) is 0 Å². The Morgan fingerprint density at radius 1 is 0.750 bits per heavy atom. The van der Waals surface area contributed by atoms with Crippen molar-refractivity contribution in [1.82, 2.24) is 0 Å². The molecule has 170 valence electrons. The van der Waals surface area contributed by atoms with Gasteiger partial charge in [-0.3, -0.25) is 4.72 Å². The Balaban J connectivity index is 2.12. The molecule has 0 saturated carbocycles. The number of sulfone groups is 1. The van der Waals surface area contributed by atoms with E-state index in [4.69, 9.17) is 4.74 Å². The van der Waals surface area contributed by atoms with Gasteiger partial charge in [0.15, 0.2) is 5.75 Å². The summed E-state index contributed by atoms with van der Waals surface area (Å²) in [5.74, 6) is -3.47. The standard InChI is InChI=1S/C19H12F5NO5S2/c20-12-8-13(21)10-14(9-12)30-18-11-16(31(26,27)19(22,23)24)6-7-17(18)25-32(28,29)15-4-2-1-3-5-15/h1-11,25H. The van der Waals surface area contributed by atoms with Crippen LogP contribution in [-0.2, 0) is 19.9 Å². The molecule has 0 heterocycles. The molecule has 0 saturated heterocycles. The molecule has 1 N–H and O–H groups in total. The molecule has 0 atom stereocenters. The van der Waals surface area contributed by atoms with Gasteiger partial charge in [0.25, 0.3) is 19.9 Å². The van der Waals surface area contributed by atoms with Crippen molar-refractivity contribution in [2.45, 2.75) is 15.3 Å². The van der Waals surface area contributed by atoms with Crippen LogP contribution in [0.25, 0.3) is 0 Å². The maximum Gasteiger partial charge on any atom is 0.501 e. The Morgan fingerprint density at radius 2 is 1.34 bits per heavy atom. The number of sulfonamides is 1. The summed E-state index contributed by atoms with van der Waals surface area (Å²) in [6, 6.07) is 10.3. The summed E-state index contributed by atoms with van der Waals surface area (Å²) in [5, 5.41) is 0. The van der Waals surface area contributed by atoms with Crippen molar-refractivity contribution in [2.75, 3.05) is 4.72 Å². The van der Waals surface area contributed by atoms with Gasteiger partial charge in [-0.05, 0) is 24.3 Å². The van der Waals surface area contributed by atoms with Gasteiger partial charge in [0.1, 0.15) is 17.4 Å². The zero-order valence-electron chi connectivity index (χ0n) is 15.6. The Hall–Kier alpha value is -3.19. The molecule has 0 unspecified atom stereocenters. The number of hydrogen-bond donors (Lipinski definition) is 1. The number of alkyl halides is 3. The Bertz CT molecular complexity index is 1340. The number of ether oxygens (including phenoxy) is 1. The Morgan fingerprint density at radius 3 is 1.91 bits per heavy atom. The molecule has 13 heteroatoms. The zero-order chi connectivity index (χ0) is 23.7. The van der Waals surface area contributed by atoms with Crippen molar-refractivity contribution in [3.8, 4) is 11.5 Å². The molecule has 3 aromatic carbocycles. The van der Waals surface area contributed by atoms with E-state index in [0.717, 1.165) is 6.07 Å². The molecule has 0 aliphatic rings. The van der Waals surface area contributed by atoms with Crippen LogP contribution in [0.4, 0.5) is 27.6 Å². The molecule has 0 spiro atoms. The van der Waals surface area contributed by atoms with Crippen LogP contribution in [0.3, 0.4) is 0 Å². The maximum atomic E-state index is 13.5.